The van der Waals surface area contributed by atoms with Crippen LogP contribution in [0, 0.1) is 0 Å². The van der Waals surface area contributed by atoms with Crippen LogP contribution in [0.4, 0.5) is 0 Å². The summed E-state index contributed by atoms with van der Waals surface area (Å²) in [6, 6.07) is 0. The highest BCUT2D eigenvalue weighted by Crippen LogP contribution is 2.25. The zero-order chi connectivity index (χ0) is 11.2. The fourth-order valence-corrected chi connectivity index (χ4v) is 0.669. The Bertz CT molecular complexity index is 207. The Morgan fingerprint density at radius 3 is 2.50 bits per heavy atom. The number of halogens is 1. The largest absolute Gasteiger partial charge is 0.495 e. The van der Waals surface area contributed by atoms with Crippen molar-refractivity contribution in [3.05, 3.63) is 12.3 Å². The van der Waals surface area contributed by atoms with Crippen molar-refractivity contribution in [1.29, 1.82) is 0 Å². The van der Waals surface area contributed by atoms with Crippen molar-refractivity contribution < 1.29 is 19.4 Å². The highest BCUT2D eigenvalue weighted by molar-refractivity contribution is 9.10. The first kappa shape index (κ1) is 13.4. The maximum Gasteiger partial charge on any atom is 0.329 e. The van der Waals surface area contributed by atoms with Gasteiger partial charge < -0.3 is 14.6 Å². The molecule has 0 amide bonds. The van der Waals surface area contributed by atoms with Crippen LogP contribution in [0.25, 0.3) is 0 Å². The fourth-order valence-electron chi connectivity index (χ4n) is 0.555. The molecular weight excluding hydrogens is 252 g/mol. The minimum Gasteiger partial charge on any atom is -0.495 e. The third kappa shape index (κ3) is 6.91. The molecule has 0 saturated heterocycles. The molecule has 0 aliphatic heterocycles. The Labute approximate surface area is 92.0 Å². The predicted molar refractivity (Wildman–Crippen MR) is 56.6 cm³/mol. The lowest BCUT2D eigenvalue weighted by atomic mass is 10.2. The lowest BCUT2D eigenvalue weighted by molar-refractivity contribution is -0.142. The lowest BCUT2D eigenvalue weighted by Gasteiger charge is -2.19. The molecule has 0 rings (SSSR count). The molecule has 4 nitrogen and oxygen atoms in total. The number of carboxylic acid groups (broad SMARTS) is 1. The van der Waals surface area contributed by atoms with E-state index in [-0.39, 0.29) is 17.5 Å². The molecule has 0 radical (unpaired) electrons. The summed E-state index contributed by atoms with van der Waals surface area (Å²) in [5, 5.41) is 8.26. The third-order valence-electron chi connectivity index (χ3n) is 1.39. The smallest absolute Gasteiger partial charge is 0.329 e. The van der Waals surface area contributed by atoms with Crippen LogP contribution in [0.3, 0.4) is 0 Å². The SMILES string of the molecule is C=C(OCCOCC(=O)O)C(C)(C)Br. The van der Waals surface area contributed by atoms with E-state index in [9.17, 15) is 4.79 Å². The van der Waals surface area contributed by atoms with E-state index in [4.69, 9.17) is 14.6 Å². The Morgan fingerprint density at radius 2 is 2.07 bits per heavy atom. The fraction of sp³-hybridized carbons (Fsp3) is 0.667. The second kappa shape index (κ2) is 6.03. The first-order chi connectivity index (χ1) is 6.34. The molecular formula is C9H15BrO4. The van der Waals surface area contributed by atoms with Crippen LogP contribution in [0.15, 0.2) is 12.3 Å². The zero-order valence-corrected chi connectivity index (χ0v) is 9.96. The van der Waals surface area contributed by atoms with Crippen molar-refractivity contribution in [2.24, 2.45) is 0 Å². The summed E-state index contributed by atoms with van der Waals surface area (Å²) in [6.07, 6.45) is 0. The average molecular weight is 267 g/mol. The number of allylic oxidation sites excluding steroid dienone is 1. The molecule has 0 fully saturated rings. The summed E-state index contributed by atoms with van der Waals surface area (Å²) in [4.78, 5) is 10.1. The molecule has 0 spiro atoms. The van der Waals surface area contributed by atoms with E-state index in [1.165, 1.54) is 0 Å². The van der Waals surface area contributed by atoms with E-state index < -0.39 is 5.97 Å². The van der Waals surface area contributed by atoms with Crippen molar-refractivity contribution in [2.45, 2.75) is 18.2 Å². The third-order valence-corrected chi connectivity index (χ3v) is 1.83. The molecule has 5 heteroatoms. The van der Waals surface area contributed by atoms with Gasteiger partial charge in [0.1, 0.15) is 19.0 Å². The normalized spacial score (nSPS) is 11.1. The van der Waals surface area contributed by atoms with Crippen molar-refractivity contribution in [2.75, 3.05) is 19.8 Å². The quantitative estimate of drug-likeness (QED) is 0.434. The highest BCUT2D eigenvalue weighted by Gasteiger charge is 2.18. The Morgan fingerprint density at radius 1 is 1.50 bits per heavy atom. The van der Waals surface area contributed by atoms with E-state index >= 15 is 0 Å². The van der Waals surface area contributed by atoms with Crippen molar-refractivity contribution in [3.63, 3.8) is 0 Å². The van der Waals surface area contributed by atoms with Gasteiger partial charge in [-0.15, -0.1) is 0 Å². The van der Waals surface area contributed by atoms with E-state index in [2.05, 4.69) is 22.5 Å². The molecule has 0 bridgehead atoms. The van der Waals surface area contributed by atoms with Crippen LogP contribution in [0.5, 0.6) is 0 Å². The number of hydrogen-bond donors (Lipinski definition) is 1. The number of rotatable bonds is 7. The Kier molecular flexibility index (Phi) is 5.79. The van der Waals surface area contributed by atoms with Crippen molar-refractivity contribution in [3.8, 4) is 0 Å². The van der Waals surface area contributed by atoms with Crippen molar-refractivity contribution >= 4 is 21.9 Å². The molecule has 0 aromatic rings. The molecule has 0 saturated carbocycles. The minimum absolute atomic E-state index is 0.244. The molecule has 82 valence electrons. The highest BCUT2D eigenvalue weighted by atomic mass is 79.9. The molecule has 14 heavy (non-hydrogen) atoms. The number of carbonyl (C=O) groups is 1. The van der Waals surface area contributed by atoms with Gasteiger partial charge >= 0.3 is 5.97 Å². The number of hydrogen-bond acceptors (Lipinski definition) is 3. The maximum absolute atomic E-state index is 10.1. The average Bonchev–Trinajstić information content (AvgIpc) is 2.01. The number of ether oxygens (including phenoxy) is 2. The van der Waals surface area contributed by atoms with Crippen LogP contribution >= 0.6 is 15.9 Å². The predicted octanol–water partition coefficient (Wildman–Crippen LogP) is 1.79. The van der Waals surface area contributed by atoms with E-state index in [0.29, 0.717) is 12.4 Å². The van der Waals surface area contributed by atoms with Crippen LogP contribution in [-0.4, -0.2) is 35.2 Å². The number of aliphatic carboxylic acids is 1. The summed E-state index contributed by atoms with van der Waals surface area (Å²) in [7, 11) is 0. The molecule has 1 N–H and O–H groups in total. The molecule has 0 heterocycles. The maximum atomic E-state index is 10.1. The van der Waals surface area contributed by atoms with Crippen LogP contribution in [-0.2, 0) is 14.3 Å². The zero-order valence-electron chi connectivity index (χ0n) is 8.38. The molecule has 0 unspecified atom stereocenters. The first-order valence-electron chi connectivity index (χ1n) is 4.14. The summed E-state index contributed by atoms with van der Waals surface area (Å²) < 4.78 is 9.73. The van der Waals surface area contributed by atoms with Gasteiger partial charge in [-0.1, -0.05) is 22.5 Å². The van der Waals surface area contributed by atoms with E-state index in [1.54, 1.807) is 0 Å². The van der Waals surface area contributed by atoms with Gasteiger partial charge in [0.05, 0.1) is 10.9 Å². The van der Waals surface area contributed by atoms with Crippen LogP contribution in [0.2, 0.25) is 0 Å². The summed E-state index contributed by atoms with van der Waals surface area (Å²) in [5.74, 6) is -0.388. The van der Waals surface area contributed by atoms with Gasteiger partial charge in [-0.25, -0.2) is 4.79 Å². The van der Waals surface area contributed by atoms with Crippen molar-refractivity contribution in [1.82, 2.24) is 0 Å². The van der Waals surface area contributed by atoms with Gasteiger partial charge in [0.2, 0.25) is 0 Å². The Hall–Kier alpha value is -0.550. The topological polar surface area (TPSA) is 55.8 Å². The van der Waals surface area contributed by atoms with Gasteiger partial charge in [-0.3, -0.25) is 0 Å². The second-order valence-electron chi connectivity index (χ2n) is 3.19. The summed E-state index contributed by atoms with van der Waals surface area (Å²) in [5.41, 5.74) is 0. The molecule has 0 aliphatic rings. The lowest BCUT2D eigenvalue weighted by Crippen LogP contribution is -2.18. The molecule has 0 aliphatic carbocycles. The minimum atomic E-state index is -0.982. The molecule has 0 aromatic carbocycles. The Balaban J connectivity index is 3.46. The van der Waals surface area contributed by atoms with Gasteiger partial charge in [-0.05, 0) is 13.8 Å². The van der Waals surface area contributed by atoms with Gasteiger partial charge in [0.15, 0.2) is 0 Å². The van der Waals surface area contributed by atoms with E-state index in [1.807, 2.05) is 13.8 Å². The van der Waals surface area contributed by atoms with Crippen LogP contribution < -0.4 is 0 Å². The number of carboxylic acids is 1. The standard InChI is InChI=1S/C9H15BrO4/c1-7(9(2,3)10)14-5-4-13-6-8(11)12/h1,4-6H2,2-3H3,(H,11,12). The van der Waals surface area contributed by atoms with Gasteiger partial charge in [0, 0.05) is 0 Å². The van der Waals surface area contributed by atoms with Crippen LogP contribution in [0.1, 0.15) is 13.8 Å². The molecule has 0 atom stereocenters. The monoisotopic (exact) mass is 266 g/mol. The second-order valence-corrected chi connectivity index (χ2v) is 5.17. The number of alkyl halides is 1. The summed E-state index contributed by atoms with van der Waals surface area (Å²) in [6.45, 7) is 7.79. The van der Waals surface area contributed by atoms with E-state index in [0.717, 1.165) is 0 Å². The van der Waals surface area contributed by atoms with Gasteiger partial charge in [0.25, 0.3) is 0 Å². The van der Waals surface area contributed by atoms with Gasteiger partial charge in [-0.2, -0.15) is 0 Å². The summed E-state index contributed by atoms with van der Waals surface area (Å²) >= 11 is 3.38. The first-order valence-corrected chi connectivity index (χ1v) is 4.94. The molecule has 0 aromatic heterocycles.